The molecule has 20 heavy (non-hydrogen) atoms. The zero-order chi connectivity index (χ0) is 14.5. The number of carbonyl (C=O) groups is 1. The lowest BCUT2D eigenvalue weighted by Crippen LogP contribution is -1.95. The summed E-state index contributed by atoms with van der Waals surface area (Å²) >= 11 is 4.85. The first kappa shape index (κ1) is 14.7. The molecule has 0 bridgehead atoms. The van der Waals surface area contributed by atoms with E-state index in [1.165, 1.54) is 29.5 Å². The summed E-state index contributed by atoms with van der Waals surface area (Å²) in [6.07, 6.45) is 2.28. The van der Waals surface area contributed by atoms with Crippen LogP contribution in [0.15, 0.2) is 40.2 Å². The number of aliphatic carboxylic acids is 1. The fourth-order valence-electron chi connectivity index (χ4n) is 1.48. The number of thiophene rings is 1. The summed E-state index contributed by atoms with van der Waals surface area (Å²) < 4.78 is 20.1. The average molecular weight is 357 g/mol. The SMILES string of the molecule is O=C(O)/C=C/c1ccc(OCc2cc(Br)cs2)c(F)c1. The Morgan fingerprint density at radius 1 is 1.45 bits per heavy atom. The molecule has 0 atom stereocenters. The molecule has 0 fully saturated rings. The second kappa shape index (κ2) is 6.67. The number of carboxylic acid groups (broad SMARTS) is 1. The molecule has 104 valence electrons. The maximum atomic E-state index is 13.8. The number of ether oxygens (including phenoxy) is 1. The van der Waals surface area contributed by atoms with E-state index in [4.69, 9.17) is 9.84 Å². The second-order valence-electron chi connectivity index (χ2n) is 3.88. The Morgan fingerprint density at radius 2 is 2.25 bits per heavy atom. The first-order valence-electron chi connectivity index (χ1n) is 5.61. The molecule has 1 N–H and O–H groups in total. The molecule has 1 heterocycles. The molecule has 0 aliphatic rings. The largest absolute Gasteiger partial charge is 0.485 e. The van der Waals surface area contributed by atoms with Crippen LogP contribution in [0.25, 0.3) is 6.08 Å². The first-order chi connectivity index (χ1) is 9.54. The fraction of sp³-hybridized carbons (Fsp3) is 0.0714. The maximum Gasteiger partial charge on any atom is 0.328 e. The third-order valence-electron chi connectivity index (χ3n) is 2.37. The highest BCUT2D eigenvalue weighted by Gasteiger charge is 2.05. The van der Waals surface area contributed by atoms with Gasteiger partial charge in [-0.05, 0) is 45.8 Å². The number of hydrogen-bond donors (Lipinski definition) is 1. The van der Waals surface area contributed by atoms with Crippen LogP contribution in [0.3, 0.4) is 0 Å². The number of rotatable bonds is 5. The lowest BCUT2D eigenvalue weighted by Gasteiger charge is -2.06. The third-order valence-corrected chi connectivity index (χ3v) is 4.04. The molecule has 0 radical (unpaired) electrons. The standard InChI is InChI=1S/C14H10BrFO3S/c15-10-6-11(20-8-10)7-19-13-3-1-9(5-12(13)16)2-4-14(17)18/h1-6,8H,7H2,(H,17,18)/b4-2+. The minimum atomic E-state index is -1.07. The highest BCUT2D eigenvalue weighted by Crippen LogP contribution is 2.24. The topological polar surface area (TPSA) is 46.5 Å². The van der Waals surface area contributed by atoms with Crippen LogP contribution in [0.1, 0.15) is 10.4 Å². The number of benzene rings is 1. The quantitative estimate of drug-likeness (QED) is 0.811. The zero-order valence-corrected chi connectivity index (χ0v) is 12.6. The summed E-state index contributed by atoms with van der Waals surface area (Å²) in [4.78, 5) is 11.4. The molecule has 0 amide bonds. The van der Waals surface area contributed by atoms with Crippen molar-refractivity contribution in [3.05, 3.63) is 56.5 Å². The molecule has 0 spiro atoms. The van der Waals surface area contributed by atoms with Gasteiger partial charge in [0.05, 0.1) is 0 Å². The van der Waals surface area contributed by atoms with E-state index in [1.807, 2.05) is 11.4 Å². The summed E-state index contributed by atoms with van der Waals surface area (Å²) in [6.45, 7) is 0.289. The van der Waals surface area contributed by atoms with Crippen LogP contribution < -0.4 is 4.74 Å². The van der Waals surface area contributed by atoms with Crippen LogP contribution in [0, 0.1) is 5.82 Å². The van der Waals surface area contributed by atoms with E-state index in [0.29, 0.717) is 5.56 Å². The van der Waals surface area contributed by atoms with Crippen LogP contribution >= 0.6 is 27.3 Å². The van der Waals surface area contributed by atoms with Gasteiger partial charge in [-0.25, -0.2) is 9.18 Å². The number of carboxylic acids is 1. The van der Waals surface area contributed by atoms with Crippen molar-refractivity contribution < 1.29 is 19.0 Å². The van der Waals surface area contributed by atoms with E-state index in [9.17, 15) is 9.18 Å². The summed E-state index contributed by atoms with van der Waals surface area (Å²) in [5.74, 6) is -1.45. The molecule has 6 heteroatoms. The van der Waals surface area contributed by atoms with Gasteiger partial charge in [-0.3, -0.25) is 0 Å². The van der Waals surface area contributed by atoms with Crippen molar-refractivity contribution in [2.45, 2.75) is 6.61 Å². The second-order valence-corrected chi connectivity index (χ2v) is 5.79. The lowest BCUT2D eigenvalue weighted by atomic mass is 10.2. The molecule has 2 rings (SSSR count). The molecular weight excluding hydrogens is 347 g/mol. The fourth-order valence-corrected chi connectivity index (χ4v) is 2.85. The van der Waals surface area contributed by atoms with E-state index in [0.717, 1.165) is 15.4 Å². The van der Waals surface area contributed by atoms with E-state index in [2.05, 4.69) is 15.9 Å². The summed E-state index contributed by atoms with van der Waals surface area (Å²) in [5, 5.41) is 10.4. The molecule has 3 nitrogen and oxygen atoms in total. The maximum absolute atomic E-state index is 13.8. The van der Waals surface area contributed by atoms with Crippen molar-refractivity contribution in [2.75, 3.05) is 0 Å². The van der Waals surface area contributed by atoms with Crippen molar-refractivity contribution >= 4 is 39.3 Å². The van der Waals surface area contributed by atoms with Crippen LogP contribution in [0.2, 0.25) is 0 Å². The summed E-state index contributed by atoms with van der Waals surface area (Å²) in [5.41, 5.74) is 0.469. The Bertz CT molecular complexity index is 652. The first-order valence-corrected chi connectivity index (χ1v) is 7.28. The molecule has 0 aliphatic heterocycles. The molecule has 0 saturated heterocycles. The monoisotopic (exact) mass is 356 g/mol. The van der Waals surface area contributed by atoms with E-state index in [1.54, 1.807) is 6.07 Å². The van der Waals surface area contributed by atoms with Crippen molar-refractivity contribution in [1.29, 1.82) is 0 Å². The highest BCUT2D eigenvalue weighted by atomic mass is 79.9. The summed E-state index contributed by atoms with van der Waals surface area (Å²) in [7, 11) is 0. The number of halogens is 2. The van der Waals surface area contributed by atoms with Gasteiger partial charge in [0.1, 0.15) is 6.61 Å². The Balaban J connectivity index is 2.04. The van der Waals surface area contributed by atoms with Gasteiger partial charge in [-0.2, -0.15) is 0 Å². The van der Waals surface area contributed by atoms with Crippen molar-refractivity contribution in [1.82, 2.24) is 0 Å². The van der Waals surface area contributed by atoms with Gasteiger partial charge in [-0.15, -0.1) is 11.3 Å². The zero-order valence-electron chi connectivity index (χ0n) is 10.2. The summed E-state index contributed by atoms with van der Waals surface area (Å²) in [6, 6.07) is 6.23. The van der Waals surface area contributed by atoms with E-state index >= 15 is 0 Å². The van der Waals surface area contributed by atoms with Crippen LogP contribution in [0.5, 0.6) is 5.75 Å². The lowest BCUT2D eigenvalue weighted by molar-refractivity contribution is -0.131. The van der Waals surface area contributed by atoms with Crippen LogP contribution in [-0.2, 0) is 11.4 Å². The molecule has 1 aromatic heterocycles. The van der Waals surface area contributed by atoms with Gasteiger partial charge < -0.3 is 9.84 Å². The molecule has 1 aromatic carbocycles. The van der Waals surface area contributed by atoms with Crippen LogP contribution in [0.4, 0.5) is 4.39 Å². The smallest absolute Gasteiger partial charge is 0.328 e. The Kier molecular flexibility index (Phi) is 4.92. The predicted molar refractivity (Wildman–Crippen MR) is 79.4 cm³/mol. The highest BCUT2D eigenvalue weighted by molar-refractivity contribution is 9.10. The average Bonchev–Trinajstić information content (AvgIpc) is 2.81. The third kappa shape index (κ3) is 4.18. The Hall–Kier alpha value is -1.66. The van der Waals surface area contributed by atoms with Gasteiger partial charge in [0.2, 0.25) is 0 Å². The molecule has 0 unspecified atom stereocenters. The van der Waals surface area contributed by atoms with E-state index in [-0.39, 0.29) is 12.4 Å². The van der Waals surface area contributed by atoms with Gasteiger partial charge in [0.25, 0.3) is 0 Å². The minimum Gasteiger partial charge on any atom is -0.485 e. The van der Waals surface area contributed by atoms with Gasteiger partial charge >= 0.3 is 5.97 Å². The van der Waals surface area contributed by atoms with Gasteiger partial charge in [-0.1, -0.05) is 6.07 Å². The van der Waals surface area contributed by atoms with E-state index < -0.39 is 11.8 Å². The minimum absolute atomic E-state index is 0.141. The number of hydrogen-bond acceptors (Lipinski definition) is 3. The molecule has 0 aliphatic carbocycles. The Morgan fingerprint density at radius 3 is 2.85 bits per heavy atom. The predicted octanol–water partition coefficient (Wildman–Crippen LogP) is 4.33. The van der Waals surface area contributed by atoms with Crippen molar-refractivity contribution in [3.63, 3.8) is 0 Å². The normalized spacial score (nSPS) is 10.9. The van der Waals surface area contributed by atoms with Gasteiger partial charge in [0.15, 0.2) is 11.6 Å². The van der Waals surface area contributed by atoms with Crippen LogP contribution in [-0.4, -0.2) is 11.1 Å². The van der Waals surface area contributed by atoms with Crippen molar-refractivity contribution in [2.24, 2.45) is 0 Å². The van der Waals surface area contributed by atoms with Gasteiger partial charge in [0, 0.05) is 20.8 Å². The Labute approximate surface area is 127 Å². The molecule has 2 aromatic rings. The molecule has 0 saturated carbocycles. The molecular formula is C14H10BrFO3S. The van der Waals surface area contributed by atoms with Crippen molar-refractivity contribution in [3.8, 4) is 5.75 Å².